The highest BCUT2D eigenvalue weighted by atomic mass is 32.1. The summed E-state index contributed by atoms with van der Waals surface area (Å²) in [6.07, 6.45) is 4.49. The summed E-state index contributed by atoms with van der Waals surface area (Å²) in [5.74, 6) is 1.83. The van der Waals surface area contributed by atoms with E-state index in [1.807, 2.05) is 26.0 Å². The highest BCUT2D eigenvalue weighted by Crippen LogP contribution is 2.39. The van der Waals surface area contributed by atoms with Crippen molar-refractivity contribution >= 4 is 37.6 Å². The summed E-state index contributed by atoms with van der Waals surface area (Å²) in [7, 11) is 0. The Morgan fingerprint density at radius 2 is 2.00 bits per heavy atom. The maximum absolute atomic E-state index is 6.24. The molecule has 4 aromatic heterocycles. The Hall–Kier alpha value is -2.87. The molecule has 7 nitrogen and oxygen atoms in total. The molecule has 1 fully saturated rings. The van der Waals surface area contributed by atoms with Crippen LogP contribution in [0.15, 0.2) is 24.7 Å². The summed E-state index contributed by atoms with van der Waals surface area (Å²) in [4.78, 5) is 16.7. The van der Waals surface area contributed by atoms with Crippen molar-refractivity contribution in [3.8, 4) is 5.75 Å². The highest BCUT2D eigenvalue weighted by Gasteiger charge is 2.33. The molecular weight excluding hydrogens is 384 g/mol. The fraction of sp³-hybridized carbons (Fsp3) is 0.381. The first-order chi connectivity index (χ1) is 14.0. The molecule has 0 aliphatic carbocycles. The molecule has 5 rings (SSSR count). The number of aryl methyl sites for hydroxylation is 3. The van der Waals surface area contributed by atoms with Crippen molar-refractivity contribution in [2.75, 3.05) is 11.4 Å². The molecule has 2 atom stereocenters. The van der Waals surface area contributed by atoms with Gasteiger partial charge in [0.05, 0.1) is 22.5 Å². The van der Waals surface area contributed by atoms with E-state index in [1.165, 1.54) is 0 Å². The predicted octanol–water partition coefficient (Wildman–Crippen LogP) is 4.00. The van der Waals surface area contributed by atoms with Crippen molar-refractivity contribution in [3.63, 3.8) is 0 Å². The highest BCUT2D eigenvalue weighted by molar-refractivity contribution is 7.26. The van der Waals surface area contributed by atoms with Crippen LogP contribution in [0.25, 0.3) is 20.4 Å². The zero-order chi connectivity index (χ0) is 20.1. The van der Waals surface area contributed by atoms with Crippen LogP contribution in [-0.2, 0) is 0 Å². The van der Waals surface area contributed by atoms with E-state index < -0.39 is 0 Å². The second-order valence-electron chi connectivity index (χ2n) is 7.68. The fourth-order valence-electron chi connectivity index (χ4n) is 4.02. The molecule has 0 bridgehead atoms. The van der Waals surface area contributed by atoms with Gasteiger partial charge in [0.2, 0.25) is 0 Å². The average Bonchev–Trinajstić information content (AvgIpc) is 3.25. The minimum atomic E-state index is 0.106. The molecule has 0 N–H and O–H groups in total. The second kappa shape index (κ2) is 6.88. The number of hydrogen-bond donors (Lipinski definition) is 0. The number of nitrogens with zero attached hydrogens (tertiary/aromatic N) is 6. The summed E-state index contributed by atoms with van der Waals surface area (Å²) >= 11 is 1.62. The Balaban J connectivity index is 1.51. The molecule has 0 saturated carbocycles. The van der Waals surface area contributed by atoms with Gasteiger partial charge in [0.15, 0.2) is 5.82 Å². The van der Waals surface area contributed by atoms with Gasteiger partial charge in [0.25, 0.3) is 0 Å². The maximum Gasteiger partial charge on any atom is 0.150 e. The molecule has 5 heterocycles. The minimum Gasteiger partial charge on any atom is -0.488 e. The first kappa shape index (κ1) is 18.2. The van der Waals surface area contributed by atoms with Gasteiger partial charge in [0.1, 0.15) is 23.0 Å². The monoisotopic (exact) mass is 406 g/mol. The van der Waals surface area contributed by atoms with Gasteiger partial charge in [-0.1, -0.05) is 0 Å². The number of thiophene rings is 1. The number of ether oxygens (including phenoxy) is 1. The van der Waals surface area contributed by atoms with E-state index in [9.17, 15) is 0 Å². The molecule has 1 saturated heterocycles. The van der Waals surface area contributed by atoms with Crippen LogP contribution in [0.5, 0.6) is 5.75 Å². The molecule has 1 aliphatic rings. The van der Waals surface area contributed by atoms with Gasteiger partial charge in [0, 0.05) is 35.8 Å². The lowest BCUT2D eigenvalue weighted by molar-refractivity contribution is 0.221. The fourth-order valence-corrected chi connectivity index (χ4v) is 5.16. The molecule has 1 aliphatic heterocycles. The number of fused-ring (bicyclic) bond motifs is 3. The molecule has 0 amide bonds. The van der Waals surface area contributed by atoms with Crippen LogP contribution >= 0.6 is 11.3 Å². The molecule has 0 spiro atoms. The minimum absolute atomic E-state index is 0.106. The van der Waals surface area contributed by atoms with Gasteiger partial charge >= 0.3 is 0 Å². The Morgan fingerprint density at radius 3 is 2.83 bits per heavy atom. The van der Waals surface area contributed by atoms with Crippen LogP contribution < -0.4 is 9.64 Å². The van der Waals surface area contributed by atoms with Crippen LogP contribution in [0.3, 0.4) is 0 Å². The number of rotatable bonds is 3. The van der Waals surface area contributed by atoms with Gasteiger partial charge in [-0.3, -0.25) is 4.98 Å². The van der Waals surface area contributed by atoms with Crippen LogP contribution in [0.4, 0.5) is 5.82 Å². The third-order valence-electron chi connectivity index (χ3n) is 5.62. The topological polar surface area (TPSA) is 76.9 Å². The molecule has 0 aromatic carbocycles. The summed E-state index contributed by atoms with van der Waals surface area (Å²) in [6, 6.07) is 4.21. The van der Waals surface area contributed by atoms with Gasteiger partial charge < -0.3 is 9.64 Å². The molecular formula is C21H22N6OS. The number of anilines is 1. The van der Waals surface area contributed by atoms with E-state index in [-0.39, 0.29) is 6.10 Å². The van der Waals surface area contributed by atoms with Crippen molar-refractivity contribution in [1.29, 1.82) is 0 Å². The summed E-state index contributed by atoms with van der Waals surface area (Å²) in [6.45, 7) is 9.05. The molecule has 8 heteroatoms. The molecule has 29 heavy (non-hydrogen) atoms. The molecule has 0 unspecified atom stereocenters. The third kappa shape index (κ3) is 3.07. The summed E-state index contributed by atoms with van der Waals surface area (Å²) in [5, 5.41) is 9.77. The van der Waals surface area contributed by atoms with E-state index in [0.29, 0.717) is 6.04 Å². The van der Waals surface area contributed by atoms with Crippen LogP contribution in [0.1, 0.15) is 30.3 Å². The predicted molar refractivity (Wildman–Crippen MR) is 115 cm³/mol. The van der Waals surface area contributed by atoms with Gasteiger partial charge in [-0.15, -0.1) is 16.4 Å². The quantitative estimate of drug-likeness (QED) is 0.509. The van der Waals surface area contributed by atoms with Crippen LogP contribution in [0.2, 0.25) is 0 Å². The maximum atomic E-state index is 6.24. The SMILES string of the molecule is Cc1cc(O[C@H]2C[C@@H](C)N(c3ncnc4c3sc3nnc(C)c(C)c34)C2)ccn1. The lowest BCUT2D eigenvalue weighted by Gasteiger charge is -2.22. The first-order valence-corrected chi connectivity index (χ1v) is 10.6. The van der Waals surface area contributed by atoms with E-state index in [0.717, 1.165) is 61.9 Å². The smallest absolute Gasteiger partial charge is 0.150 e. The van der Waals surface area contributed by atoms with Crippen molar-refractivity contribution in [3.05, 3.63) is 41.6 Å². The largest absolute Gasteiger partial charge is 0.488 e. The lowest BCUT2D eigenvalue weighted by atomic mass is 10.1. The van der Waals surface area contributed by atoms with Gasteiger partial charge in [-0.2, -0.15) is 5.10 Å². The van der Waals surface area contributed by atoms with Gasteiger partial charge in [-0.05, 0) is 39.3 Å². The Bertz CT molecular complexity index is 1220. The van der Waals surface area contributed by atoms with E-state index in [2.05, 4.69) is 43.9 Å². The number of pyridine rings is 1. The normalized spacial score (nSPS) is 19.4. The van der Waals surface area contributed by atoms with Crippen LogP contribution in [-0.4, -0.2) is 43.8 Å². The number of aromatic nitrogens is 5. The Labute approximate surface area is 172 Å². The van der Waals surface area contributed by atoms with E-state index in [1.54, 1.807) is 23.9 Å². The van der Waals surface area contributed by atoms with E-state index >= 15 is 0 Å². The average molecular weight is 407 g/mol. The molecule has 148 valence electrons. The summed E-state index contributed by atoms with van der Waals surface area (Å²) in [5.41, 5.74) is 3.99. The standard InChI is InChI=1S/C21H22N6OS/c1-11-7-15(5-6-22-11)28-16-8-12(2)27(9-16)20-19-18(23-10-24-20)17-13(3)14(4)25-26-21(17)29-19/h5-7,10,12,16H,8-9H2,1-4H3/t12-,16+/m1/s1. The van der Waals surface area contributed by atoms with Crippen molar-refractivity contribution in [2.45, 2.75) is 46.3 Å². The molecule has 4 aromatic rings. The van der Waals surface area contributed by atoms with E-state index in [4.69, 9.17) is 4.74 Å². The van der Waals surface area contributed by atoms with Crippen molar-refractivity contribution in [1.82, 2.24) is 25.1 Å². The van der Waals surface area contributed by atoms with Crippen molar-refractivity contribution < 1.29 is 4.74 Å². The first-order valence-electron chi connectivity index (χ1n) is 9.74. The van der Waals surface area contributed by atoms with Crippen molar-refractivity contribution in [2.24, 2.45) is 0 Å². The summed E-state index contributed by atoms with van der Waals surface area (Å²) < 4.78 is 7.31. The Kier molecular flexibility index (Phi) is 4.31. The zero-order valence-corrected chi connectivity index (χ0v) is 17.7. The zero-order valence-electron chi connectivity index (χ0n) is 16.9. The van der Waals surface area contributed by atoms with Crippen LogP contribution in [0, 0.1) is 20.8 Å². The third-order valence-corrected chi connectivity index (χ3v) is 6.68. The molecule has 0 radical (unpaired) electrons. The number of hydrogen-bond acceptors (Lipinski definition) is 8. The second-order valence-corrected chi connectivity index (χ2v) is 8.68. The lowest BCUT2D eigenvalue weighted by Crippen LogP contribution is -2.29. The van der Waals surface area contributed by atoms with Gasteiger partial charge in [-0.25, -0.2) is 9.97 Å². The Morgan fingerprint density at radius 1 is 1.14 bits per heavy atom.